The van der Waals surface area contributed by atoms with Gasteiger partial charge in [-0.25, -0.2) is 0 Å². The molecule has 7 heteroatoms. The molecule has 0 aliphatic heterocycles. The van der Waals surface area contributed by atoms with Crippen LogP contribution in [0.3, 0.4) is 0 Å². The lowest BCUT2D eigenvalue weighted by molar-refractivity contribution is -0.147. The Kier molecular flexibility index (Phi) is 6.67. The molecule has 6 nitrogen and oxygen atoms in total. The Morgan fingerprint density at radius 1 is 1.14 bits per heavy atom. The van der Waals surface area contributed by atoms with E-state index in [1.165, 1.54) is 0 Å². The maximum Gasteiger partial charge on any atom is 0.306 e. The zero-order valence-electron chi connectivity index (χ0n) is 16.3. The van der Waals surface area contributed by atoms with Gasteiger partial charge in [0.15, 0.2) is 6.61 Å². The zero-order valence-corrected chi connectivity index (χ0v) is 17.0. The lowest BCUT2D eigenvalue weighted by Crippen LogP contribution is -2.22. The minimum absolute atomic E-state index is 0.0192. The van der Waals surface area contributed by atoms with Crippen molar-refractivity contribution in [2.45, 2.75) is 19.3 Å². The molecule has 1 amide bonds. The van der Waals surface area contributed by atoms with Crippen LogP contribution in [0.15, 0.2) is 60.7 Å². The zero-order chi connectivity index (χ0) is 20.8. The van der Waals surface area contributed by atoms with Crippen LogP contribution in [-0.2, 0) is 21.4 Å². The number of carbonyl (C=O) groups is 2. The molecule has 1 heterocycles. The average molecular weight is 412 g/mol. The Morgan fingerprint density at radius 2 is 1.83 bits per heavy atom. The summed E-state index contributed by atoms with van der Waals surface area (Å²) in [6, 6.07) is 18.7. The second-order valence-corrected chi connectivity index (χ2v) is 7.21. The molecule has 0 aliphatic carbocycles. The minimum atomic E-state index is -0.420. The molecule has 2 aromatic carbocycles. The minimum Gasteiger partial charge on any atom is -0.456 e. The van der Waals surface area contributed by atoms with Crippen molar-refractivity contribution in [3.05, 3.63) is 71.2 Å². The number of nitrogens with zero attached hydrogens (tertiary/aromatic N) is 2. The molecule has 0 bridgehead atoms. The lowest BCUT2D eigenvalue weighted by atomic mass is 9.98. The highest BCUT2D eigenvalue weighted by Crippen LogP contribution is 2.23. The Morgan fingerprint density at radius 3 is 2.52 bits per heavy atom. The quantitative estimate of drug-likeness (QED) is 0.584. The number of hydrogen-bond donors (Lipinski definition) is 1. The Hall–Kier alpha value is -3.12. The number of rotatable bonds is 7. The summed E-state index contributed by atoms with van der Waals surface area (Å²) in [5.41, 5.74) is 2.64. The standard InChI is InChI=1S/C22H22ClN3O3/c1-15(16-6-4-3-5-7-16)12-22(28)29-14-21(27)24-20-13-19(25-26(20)2)17-8-10-18(23)11-9-17/h3-11,13,15H,12,14H2,1-2H3,(H,24,27)/t15-/m0/s1. The highest BCUT2D eigenvalue weighted by molar-refractivity contribution is 6.30. The van der Waals surface area contributed by atoms with E-state index in [2.05, 4.69) is 10.4 Å². The van der Waals surface area contributed by atoms with Crippen LogP contribution in [0.4, 0.5) is 5.82 Å². The topological polar surface area (TPSA) is 73.2 Å². The van der Waals surface area contributed by atoms with Gasteiger partial charge in [-0.1, -0.05) is 61.0 Å². The molecule has 0 unspecified atom stereocenters. The van der Waals surface area contributed by atoms with Crippen molar-refractivity contribution < 1.29 is 14.3 Å². The van der Waals surface area contributed by atoms with Crippen LogP contribution in [-0.4, -0.2) is 28.3 Å². The van der Waals surface area contributed by atoms with Crippen LogP contribution < -0.4 is 5.32 Å². The summed E-state index contributed by atoms with van der Waals surface area (Å²) in [7, 11) is 1.72. The molecule has 0 aliphatic rings. The monoisotopic (exact) mass is 411 g/mol. The van der Waals surface area contributed by atoms with E-state index in [0.29, 0.717) is 16.5 Å². The maximum absolute atomic E-state index is 12.2. The van der Waals surface area contributed by atoms with Crippen molar-refractivity contribution in [3.8, 4) is 11.3 Å². The number of anilines is 1. The molecule has 1 atom stereocenters. The Labute approximate surface area is 174 Å². The fourth-order valence-electron chi connectivity index (χ4n) is 2.88. The summed E-state index contributed by atoms with van der Waals surface area (Å²) in [4.78, 5) is 24.2. The number of halogens is 1. The van der Waals surface area contributed by atoms with Gasteiger partial charge in [0.05, 0.1) is 12.1 Å². The third-order valence-electron chi connectivity index (χ3n) is 4.49. The van der Waals surface area contributed by atoms with Gasteiger partial charge in [0, 0.05) is 23.7 Å². The normalized spacial score (nSPS) is 11.7. The van der Waals surface area contributed by atoms with Crippen molar-refractivity contribution in [2.24, 2.45) is 7.05 Å². The third kappa shape index (κ3) is 5.68. The summed E-state index contributed by atoms with van der Waals surface area (Å²) in [6.07, 6.45) is 0.212. The van der Waals surface area contributed by atoms with Crippen LogP contribution in [0.25, 0.3) is 11.3 Å². The van der Waals surface area contributed by atoms with Crippen molar-refractivity contribution in [1.29, 1.82) is 0 Å². The Balaban J connectivity index is 1.52. The molecular formula is C22H22ClN3O3. The average Bonchev–Trinajstić information content (AvgIpc) is 3.08. The van der Waals surface area contributed by atoms with E-state index in [1.54, 1.807) is 29.9 Å². The number of ether oxygens (including phenoxy) is 1. The fourth-order valence-corrected chi connectivity index (χ4v) is 3.01. The van der Waals surface area contributed by atoms with Crippen molar-refractivity contribution in [1.82, 2.24) is 9.78 Å². The number of aromatic nitrogens is 2. The van der Waals surface area contributed by atoms with E-state index in [1.807, 2.05) is 49.4 Å². The SMILES string of the molecule is C[C@@H](CC(=O)OCC(=O)Nc1cc(-c2ccc(Cl)cc2)nn1C)c1ccccc1. The van der Waals surface area contributed by atoms with Crippen LogP contribution in [0.2, 0.25) is 5.02 Å². The fraction of sp³-hybridized carbons (Fsp3) is 0.227. The van der Waals surface area contributed by atoms with Gasteiger partial charge >= 0.3 is 5.97 Å². The van der Waals surface area contributed by atoms with Gasteiger partial charge in [0.1, 0.15) is 5.82 Å². The van der Waals surface area contributed by atoms with Gasteiger partial charge in [-0.3, -0.25) is 14.3 Å². The summed E-state index contributed by atoms with van der Waals surface area (Å²) in [5.74, 6) is -0.306. The van der Waals surface area contributed by atoms with E-state index in [9.17, 15) is 9.59 Å². The summed E-state index contributed by atoms with van der Waals surface area (Å²) in [5, 5.41) is 7.73. The van der Waals surface area contributed by atoms with Crippen molar-refractivity contribution in [3.63, 3.8) is 0 Å². The van der Waals surface area contributed by atoms with Gasteiger partial charge in [0.25, 0.3) is 5.91 Å². The predicted molar refractivity (Wildman–Crippen MR) is 113 cm³/mol. The first kappa shape index (κ1) is 20.6. The molecule has 29 heavy (non-hydrogen) atoms. The lowest BCUT2D eigenvalue weighted by Gasteiger charge is -2.11. The molecule has 3 rings (SSSR count). The highest BCUT2D eigenvalue weighted by Gasteiger charge is 2.15. The van der Waals surface area contributed by atoms with E-state index >= 15 is 0 Å². The predicted octanol–water partition coefficient (Wildman–Crippen LogP) is 4.42. The second kappa shape index (κ2) is 9.39. The first-order valence-electron chi connectivity index (χ1n) is 9.23. The van der Waals surface area contributed by atoms with Gasteiger partial charge in [-0.05, 0) is 23.6 Å². The number of benzene rings is 2. The number of nitrogens with one attached hydrogen (secondary N) is 1. The van der Waals surface area contributed by atoms with Crippen LogP contribution >= 0.6 is 11.6 Å². The summed E-state index contributed by atoms with van der Waals surface area (Å²) >= 11 is 5.91. The number of carbonyl (C=O) groups excluding carboxylic acids is 2. The van der Waals surface area contributed by atoms with Gasteiger partial charge < -0.3 is 10.1 Å². The number of hydrogen-bond acceptors (Lipinski definition) is 4. The smallest absolute Gasteiger partial charge is 0.306 e. The van der Waals surface area contributed by atoms with E-state index < -0.39 is 11.9 Å². The van der Waals surface area contributed by atoms with E-state index in [-0.39, 0.29) is 18.9 Å². The van der Waals surface area contributed by atoms with Gasteiger partial charge in [-0.2, -0.15) is 5.10 Å². The van der Waals surface area contributed by atoms with Crippen LogP contribution in [0.5, 0.6) is 0 Å². The van der Waals surface area contributed by atoms with Gasteiger partial charge in [-0.15, -0.1) is 0 Å². The first-order chi connectivity index (χ1) is 13.9. The summed E-state index contributed by atoms with van der Waals surface area (Å²) < 4.78 is 6.67. The largest absolute Gasteiger partial charge is 0.456 e. The Bertz CT molecular complexity index is 984. The van der Waals surface area contributed by atoms with Gasteiger partial charge in [0.2, 0.25) is 0 Å². The molecule has 0 spiro atoms. The molecule has 0 saturated heterocycles. The maximum atomic E-state index is 12.2. The molecule has 1 N–H and O–H groups in total. The van der Waals surface area contributed by atoms with Crippen molar-refractivity contribution >= 4 is 29.3 Å². The molecule has 0 radical (unpaired) electrons. The molecule has 1 aromatic heterocycles. The van der Waals surface area contributed by atoms with Crippen LogP contribution in [0, 0.1) is 0 Å². The summed E-state index contributed by atoms with van der Waals surface area (Å²) in [6.45, 7) is 1.60. The second-order valence-electron chi connectivity index (χ2n) is 6.77. The highest BCUT2D eigenvalue weighted by atomic mass is 35.5. The number of aryl methyl sites for hydroxylation is 1. The third-order valence-corrected chi connectivity index (χ3v) is 4.74. The molecule has 3 aromatic rings. The first-order valence-corrected chi connectivity index (χ1v) is 9.60. The molecule has 0 fully saturated rings. The number of amides is 1. The number of esters is 1. The molecule has 0 saturated carbocycles. The molecular weight excluding hydrogens is 390 g/mol. The molecule has 150 valence electrons. The van der Waals surface area contributed by atoms with E-state index in [0.717, 1.165) is 11.1 Å². The van der Waals surface area contributed by atoms with E-state index in [4.69, 9.17) is 16.3 Å². The van der Waals surface area contributed by atoms with Crippen molar-refractivity contribution in [2.75, 3.05) is 11.9 Å². The van der Waals surface area contributed by atoms with Crippen LogP contribution in [0.1, 0.15) is 24.8 Å².